The monoisotopic (exact) mass is 1050 g/mol. The third-order valence-corrected chi connectivity index (χ3v) is 18.6. The van der Waals surface area contributed by atoms with Crippen LogP contribution in [0.5, 0.6) is 5.88 Å². The van der Waals surface area contributed by atoms with Crippen molar-refractivity contribution < 1.29 is 33.1 Å². The first-order chi connectivity index (χ1) is 37.2. The number of pyridine rings is 2. The van der Waals surface area contributed by atoms with Crippen LogP contribution in [0.2, 0.25) is 0 Å². The second-order valence-electron chi connectivity index (χ2n) is 23.6. The number of likely N-dealkylation sites (tertiary alicyclic amines) is 3. The van der Waals surface area contributed by atoms with E-state index in [1.54, 1.807) is 36.8 Å². The molecular weight excluding hydrogens is 976 g/mol. The normalized spacial score (nSPS) is 25.4. The van der Waals surface area contributed by atoms with Crippen LogP contribution in [0.15, 0.2) is 73.2 Å². The van der Waals surface area contributed by atoms with Crippen LogP contribution in [0.4, 0.5) is 21.6 Å². The van der Waals surface area contributed by atoms with Crippen LogP contribution in [0.1, 0.15) is 140 Å². The largest absolute Gasteiger partial charge is 0.474 e. The van der Waals surface area contributed by atoms with Gasteiger partial charge in [-0.2, -0.15) is 0 Å². The number of hydrogen-bond acceptors (Lipinski definition) is 11. The lowest BCUT2D eigenvalue weighted by Crippen LogP contribution is -2.59. The molecular formula is C60H71FN10O6. The standard InChI is InChI=1S/C60H71FN10O6/c1-37(2)70-36-63-49-34-48(65-54(53(49)70)64-47-10-6-5-9-46(47)61)39-13-18-45-50(31-39)71(42-32-41(33-42)67-25-7-4-8-26-67)58(76)60(45)23-29-69(30-24-60)57(75)59(3)21-27-68(28-22-59)56(74)38-11-15-43(16-12-38)77-52-20-14-40(35-62-52)44-17-19-51(72)66-55(44)73/h5-6,9-10,13-14,18,20,31,34-38,41-44H,4,7-8,11-12,15-17,19,21-30,32-33H2,1-3H3,(H,64,65)(H,66,72,73). The number of halogens is 1. The summed E-state index contributed by atoms with van der Waals surface area (Å²) in [6, 6.07) is 19.1. The summed E-state index contributed by atoms with van der Waals surface area (Å²) in [5, 5.41) is 5.69. The molecule has 2 N–H and O–H groups in total. The van der Waals surface area contributed by atoms with Gasteiger partial charge in [0.25, 0.3) is 0 Å². The van der Waals surface area contributed by atoms with Gasteiger partial charge in [-0.15, -0.1) is 0 Å². The molecule has 3 aromatic heterocycles. The Labute approximate surface area is 449 Å². The van der Waals surface area contributed by atoms with Gasteiger partial charge in [0, 0.05) is 85.6 Å². The lowest BCUT2D eigenvalue weighted by Gasteiger charge is -2.48. The van der Waals surface area contributed by atoms with E-state index < -0.39 is 16.7 Å². The van der Waals surface area contributed by atoms with Gasteiger partial charge in [0.15, 0.2) is 5.82 Å². The molecule has 404 valence electrons. The number of aromatic nitrogens is 4. The van der Waals surface area contributed by atoms with Gasteiger partial charge in [0.05, 0.1) is 34.6 Å². The summed E-state index contributed by atoms with van der Waals surface area (Å²) >= 11 is 0. The summed E-state index contributed by atoms with van der Waals surface area (Å²) in [6.07, 6.45) is 14.9. The number of nitrogens with one attached hydrogen (secondary N) is 2. The summed E-state index contributed by atoms with van der Waals surface area (Å²) < 4.78 is 23.4. The van der Waals surface area contributed by atoms with Crippen LogP contribution in [0, 0.1) is 17.2 Å². The van der Waals surface area contributed by atoms with Crippen LogP contribution in [0.25, 0.3) is 22.3 Å². The maximum Gasteiger partial charge on any atom is 0.238 e. The predicted molar refractivity (Wildman–Crippen MR) is 290 cm³/mol. The third-order valence-electron chi connectivity index (χ3n) is 18.6. The molecule has 7 aliphatic rings. The molecule has 1 atom stereocenters. The number of ether oxygens (including phenoxy) is 1. The highest BCUT2D eigenvalue weighted by molar-refractivity contribution is 6.10. The summed E-state index contributed by atoms with van der Waals surface area (Å²) in [5.74, 6) is -0.0290. The summed E-state index contributed by atoms with van der Waals surface area (Å²) in [4.78, 5) is 91.0. The Morgan fingerprint density at radius 1 is 0.818 bits per heavy atom. The zero-order chi connectivity index (χ0) is 53.2. The van der Waals surface area contributed by atoms with Crippen LogP contribution in [0.3, 0.4) is 0 Å². The topological polar surface area (TPSA) is 175 Å². The Morgan fingerprint density at radius 3 is 2.26 bits per heavy atom. The van der Waals surface area contributed by atoms with E-state index in [-0.39, 0.29) is 59.5 Å². The number of fused-ring (bicyclic) bond motifs is 3. The lowest BCUT2D eigenvalue weighted by atomic mass is 9.72. The molecule has 17 heteroatoms. The molecule has 12 rings (SSSR count). The quantitative estimate of drug-likeness (QED) is 0.121. The maximum atomic E-state index is 15.4. The molecule has 2 saturated carbocycles. The van der Waals surface area contributed by atoms with Gasteiger partial charge in [-0.1, -0.05) is 43.7 Å². The van der Waals surface area contributed by atoms with E-state index in [2.05, 4.69) is 64.4 Å². The van der Waals surface area contributed by atoms with Crippen molar-refractivity contribution in [1.82, 2.24) is 39.5 Å². The number of imidazole rings is 1. The van der Waals surface area contributed by atoms with Gasteiger partial charge >= 0.3 is 0 Å². The van der Waals surface area contributed by atoms with Crippen LogP contribution >= 0.6 is 0 Å². The molecule has 4 saturated heterocycles. The van der Waals surface area contributed by atoms with E-state index in [0.29, 0.717) is 107 Å². The predicted octanol–water partition coefficient (Wildman–Crippen LogP) is 8.97. The number of benzene rings is 2. The second-order valence-corrected chi connectivity index (χ2v) is 23.6. The number of anilines is 3. The molecule has 0 bridgehead atoms. The molecule has 5 amide bonds. The fourth-order valence-corrected chi connectivity index (χ4v) is 13.8. The minimum absolute atomic E-state index is 0.0623. The lowest BCUT2D eigenvalue weighted by molar-refractivity contribution is -0.150. The van der Waals surface area contributed by atoms with Crippen molar-refractivity contribution >= 4 is 57.8 Å². The number of amides is 5. The van der Waals surface area contributed by atoms with Gasteiger partial charge < -0.3 is 34.2 Å². The Hall–Kier alpha value is -6.75. The van der Waals surface area contributed by atoms with Crippen LogP contribution in [-0.2, 0) is 29.4 Å². The van der Waals surface area contributed by atoms with Crippen molar-refractivity contribution in [2.24, 2.45) is 11.3 Å². The van der Waals surface area contributed by atoms with Crippen molar-refractivity contribution in [2.45, 2.75) is 153 Å². The molecule has 5 aromatic rings. The highest BCUT2D eigenvalue weighted by atomic mass is 19.1. The van der Waals surface area contributed by atoms with E-state index in [1.807, 2.05) is 26.5 Å². The zero-order valence-electron chi connectivity index (χ0n) is 44.6. The Balaban J connectivity index is 0.709. The van der Waals surface area contributed by atoms with E-state index in [0.717, 1.165) is 72.2 Å². The fraction of sp³-hybridized carbons (Fsp3) is 0.533. The Kier molecular flexibility index (Phi) is 13.6. The molecule has 2 aliphatic carbocycles. The van der Waals surface area contributed by atoms with Crippen molar-refractivity contribution in [3.8, 4) is 17.1 Å². The summed E-state index contributed by atoms with van der Waals surface area (Å²) in [5.41, 5.74) is 4.69. The van der Waals surface area contributed by atoms with Crippen molar-refractivity contribution in [3.05, 3.63) is 90.1 Å². The van der Waals surface area contributed by atoms with Crippen molar-refractivity contribution in [1.29, 1.82) is 0 Å². The highest BCUT2D eigenvalue weighted by Gasteiger charge is 2.56. The maximum absolute atomic E-state index is 15.4. The molecule has 77 heavy (non-hydrogen) atoms. The molecule has 0 radical (unpaired) electrons. The number of carbonyl (C=O) groups excluding carboxylic acids is 5. The highest BCUT2D eigenvalue weighted by Crippen LogP contribution is 2.53. The number of hydrogen-bond donors (Lipinski definition) is 2. The molecule has 8 heterocycles. The minimum Gasteiger partial charge on any atom is -0.474 e. The van der Waals surface area contributed by atoms with Crippen molar-refractivity contribution in [3.63, 3.8) is 0 Å². The SMILES string of the molecule is CC(C)n1cnc2cc(-c3ccc4c(c3)N(C3CC(N5CCCCC5)C3)C(=O)C43CCN(C(=O)C4(C)CCN(C(=O)C5CCC(Oc6ccc(C7CCC(=O)NC7=O)cn6)CC5)CC4)CC3)nc(Nc3ccccc3F)c21. The fourth-order valence-electron chi connectivity index (χ4n) is 13.8. The zero-order valence-corrected chi connectivity index (χ0v) is 44.6. The number of nitrogens with zero attached hydrogens (tertiary/aromatic N) is 8. The third kappa shape index (κ3) is 9.53. The first-order valence-corrected chi connectivity index (χ1v) is 28.4. The first kappa shape index (κ1) is 51.0. The van der Waals surface area contributed by atoms with Gasteiger partial charge in [-0.05, 0) is 146 Å². The summed E-state index contributed by atoms with van der Waals surface area (Å²) in [7, 11) is 0. The number of carbonyl (C=O) groups is 5. The van der Waals surface area contributed by atoms with Crippen LogP contribution in [-0.4, -0.2) is 121 Å². The van der Waals surface area contributed by atoms with E-state index in [4.69, 9.17) is 14.7 Å². The molecule has 16 nitrogen and oxygen atoms in total. The molecule has 2 aromatic carbocycles. The number of para-hydroxylation sites is 1. The average molecular weight is 1050 g/mol. The molecule has 6 fully saturated rings. The molecule has 1 spiro atoms. The number of imide groups is 1. The second kappa shape index (κ2) is 20.6. The average Bonchev–Trinajstić information content (AvgIpc) is 4.22. The van der Waals surface area contributed by atoms with Crippen LogP contribution < -0.4 is 20.3 Å². The number of piperidine rings is 4. The molecule has 1 unspecified atom stereocenters. The van der Waals surface area contributed by atoms with E-state index in [1.165, 1.54) is 25.3 Å². The number of rotatable bonds is 11. The van der Waals surface area contributed by atoms with Gasteiger partial charge in [-0.3, -0.25) is 29.3 Å². The van der Waals surface area contributed by atoms with Gasteiger partial charge in [0.1, 0.15) is 17.4 Å². The smallest absolute Gasteiger partial charge is 0.238 e. The Morgan fingerprint density at radius 2 is 1.56 bits per heavy atom. The van der Waals surface area contributed by atoms with Gasteiger partial charge in [-0.25, -0.2) is 19.3 Å². The van der Waals surface area contributed by atoms with Crippen molar-refractivity contribution in [2.75, 3.05) is 49.5 Å². The first-order valence-electron chi connectivity index (χ1n) is 28.4. The van der Waals surface area contributed by atoms with E-state index >= 15 is 9.18 Å². The minimum atomic E-state index is -0.759. The molecule has 5 aliphatic heterocycles. The van der Waals surface area contributed by atoms with E-state index in [9.17, 15) is 19.2 Å². The van der Waals surface area contributed by atoms with Gasteiger partial charge in [0.2, 0.25) is 35.4 Å². The summed E-state index contributed by atoms with van der Waals surface area (Å²) in [6.45, 7) is 10.5. The Bertz CT molecular complexity index is 3090.